The van der Waals surface area contributed by atoms with E-state index < -0.39 is 0 Å². The highest BCUT2D eigenvalue weighted by molar-refractivity contribution is 4.99. The molecule has 4 nitrogen and oxygen atoms in total. The molecule has 0 amide bonds. The lowest BCUT2D eigenvalue weighted by Crippen LogP contribution is -2.09. The summed E-state index contributed by atoms with van der Waals surface area (Å²) < 4.78 is 3.97. The fraction of sp³-hybridized carbons (Fsp3) is 0.667. The van der Waals surface area contributed by atoms with Crippen LogP contribution in [0.1, 0.15) is 52.9 Å². The smallest absolute Gasteiger partial charge is 0.0946 e. The van der Waals surface area contributed by atoms with Crippen molar-refractivity contribution in [3.63, 3.8) is 0 Å². The SMILES string of the molecule is Cn1cnc(CC(C)(C)C)c1.Cn1cnc(CC(C)(C)C)c1. The van der Waals surface area contributed by atoms with Gasteiger partial charge in [0, 0.05) is 26.5 Å². The Kier molecular flexibility index (Phi) is 5.98. The van der Waals surface area contributed by atoms with E-state index in [0.29, 0.717) is 10.8 Å². The number of aryl methyl sites for hydroxylation is 2. The summed E-state index contributed by atoms with van der Waals surface area (Å²) in [7, 11) is 4.00. The molecule has 0 aromatic carbocycles. The zero-order valence-electron chi connectivity index (χ0n) is 15.5. The van der Waals surface area contributed by atoms with Crippen LogP contribution in [0.5, 0.6) is 0 Å². The number of nitrogens with zero attached hydrogens (tertiary/aromatic N) is 4. The van der Waals surface area contributed by atoms with E-state index >= 15 is 0 Å². The van der Waals surface area contributed by atoms with Crippen LogP contribution < -0.4 is 0 Å². The van der Waals surface area contributed by atoms with E-state index in [1.165, 1.54) is 11.4 Å². The Morgan fingerprint density at radius 2 is 1.05 bits per heavy atom. The average molecular weight is 304 g/mol. The molecule has 2 aromatic rings. The van der Waals surface area contributed by atoms with Crippen molar-refractivity contribution in [2.45, 2.75) is 54.4 Å². The Morgan fingerprint density at radius 3 is 1.23 bits per heavy atom. The third-order valence-corrected chi connectivity index (χ3v) is 2.94. The lowest BCUT2D eigenvalue weighted by Gasteiger charge is -2.15. The average Bonchev–Trinajstić information content (AvgIpc) is 2.84. The lowest BCUT2D eigenvalue weighted by atomic mass is 9.91. The molecular weight excluding hydrogens is 272 g/mol. The molecular formula is C18H32N4. The molecule has 0 aliphatic carbocycles. The van der Waals surface area contributed by atoms with Crippen molar-refractivity contribution < 1.29 is 0 Å². The van der Waals surface area contributed by atoms with Gasteiger partial charge in [-0.15, -0.1) is 0 Å². The van der Waals surface area contributed by atoms with Gasteiger partial charge in [-0.05, 0) is 23.7 Å². The second-order valence-electron chi connectivity index (χ2n) is 8.54. The highest BCUT2D eigenvalue weighted by Crippen LogP contribution is 2.19. The summed E-state index contributed by atoms with van der Waals surface area (Å²) in [6.07, 6.45) is 9.94. The van der Waals surface area contributed by atoms with E-state index in [1.54, 1.807) is 0 Å². The van der Waals surface area contributed by atoms with Crippen LogP contribution in [0.15, 0.2) is 25.0 Å². The minimum Gasteiger partial charge on any atom is -0.340 e. The zero-order valence-corrected chi connectivity index (χ0v) is 15.5. The number of aromatic nitrogens is 4. The standard InChI is InChI=1S/2C9H16N2/c2*1-9(2,3)5-8-6-11(4)7-10-8/h2*6-7H,5H2,1-4H3. The molecule has 0 aliphatic heterocycles. The molecule has 4 heteroatoms. The van der Waals surface area contributed by atoms with Crippen LogP contribution in [-0.2, 0) is 26.9 Å². The fourth-order valence-electron chi connectivity index (χ4n) is 2.20. The topological polar surface area (TPSA) is 35.6 Å². The van der Waals surface area contributed by atoms with E-state index in [9.17, 15) is 0 Å². The van der Waals surface area contributed by atoms with Crippen molar-refractivity contribution in [2.24, 2.45) is 24.9 Å². The molecule has 0 atom stereocenters. The molecule has 22 heavy (non-hydrogen) atoms. The first-order chi connectivity index (χ1) is 9.94. The summed E-state index contributed by atoms with van der Waals surface area (Å²) in [6.45, 7) is 13.3. The van der Waals surface area contributed by atoms with Crippen molar-refractivity contribution in [1.29, 1.82) is 0 Å². The summed E-state index contributed by atoms with van der Waals surface area (Å²) in [6, 6.07) is 0. The zero-order chi connectivity index (χ0) is 17.0. The third-order valence-electron chi connectivity index (χ3n) is 2.94. The van der Waals surface area contributed by atoms with Gasteiger partial charge in [-0.1, -0.05) is 41.5 Å². The van der Waals surface area contributed by atoms with E-state index in [1.807, 2.05) is 35.9 Å². The Bertz CT molecular complexity index is 512. The predicted octanol–water partition coefficient (Wildman–Crippen LogP) is 4.02. The Morgan fingerprint density at radius 1 is 0.727 bits per heavy atom. The van der Waals surface area contributed by atoms with Crippen molar-refractivity contribution in [2.75, 3.05) is 0 Å². The summed E-state index contributed by atoms with van der Waals surface area (Å²) >= 11 is 0. The van der Waals surface area contributed by atoms with Crippen molar-refractivity contribution >= 4 is 0 Å². The van der Waals surface area contributed by atoms with Gasteiger partial charge in [0.05, 0.1) is 24.0 Å². The molecule has 2 aromatic heterocycles. The Labute approximate surface area is 135 Å². The van der Waals surface area contributed by atoms with Gasteiger partial charge >= 0.3 is 0 Å². The van der Waals surface area contributed by atoms with Gasteiger partial charge < -0.3 is 9.13 Å². The van der Waals surface area contributed by atoms with Crippen molar-refractivity contribution in [3.8, 4) is 0 Å². The highest BCUT2D eigenvalue weighted by atomic mass is 15.0. The Hall–Kier alpha value is -1.58. The van der Waals surface area contributed by atoms with Gasteiger partial charge in [-0.25, -0.2) is 9.97 Å². The van der Waals surface area contributed by atoms with E-state index in [-0.39, 0.29) is 0 Å². The third kappa shape index (κ3) is 8.01. The number of rotatable bonds is 2. The minimum absolute atomic E-state index is 0.342. The molecule has 0 unspecified atom stereocenters. The molecule has 2 heterocycles. The summed E-state index contributed by atoms with van der Waals surface area (Å²) in [4.78, 5) is 8.53. The van der Waals surface area contributed by atoms with E-state index in [2.05, 4.69) is 63.9 Å². The van der Waals surface area contributed by atoms with Gasteiger partial charge in [-0.2, -0.15) is 0 Å². The molecule has 2 rings (SSSR count). The maximum Gasteiger partial charge on any atom is 0.0946 e. The summed E-state index contributed by atoms with van der Waals surface area (Å²) in [5, 5.41) is 0. The molecule has 0 N–H and O–H groups in total. The van der Waals surface area contributed by atoms with Gasteiger partial charge in [0.2, 0.25) is 0 Å². The first-order valence-corrected chi connectivity index (χ1v) is 7.88. The molecule has 0 bridgehead atoms. The highest BCUT2D eigenvalue weighted by Gasteiger charge is 2.13. The second kappa shape index (κ2) is 7.12. The lowest BCUT2D eigenvalue weighted by molar-refractivity contribution is 0.406. The quantitative estimate of drug-likeness (QED) is 0.840. The fourth-order valence-corrected chi connectivity index (χ4v) is 2.20. The van der Waals surface area contributed by atoms with Gasteiger partial charge in [0.1, 0.15) is 0 Å². The monoisotopic (exact) mass is 304 g/mol. The minimum atomic E-state index is 0.342. The van der Waals surface area contributed by atoms with Crippen LogP contribution in [0.25, 0.3) is 0 Å². The van der Waals surface area contributed by atoms with Crippen LogP contribution in [0.4, 0.5) is 0 Å². The maximum atomic E-state index is 4.26. The maximum absolute atomic E-state index is 4.26. The van der Waals surface area contributed by atoms with Crippen molar-refractivity contribution in [1.82, 2.24) is 19.1 Å². The van der Waals surface area contributed by atoms with E-state index in [0.717, 1.165) is 12.8 Å². The van der Waals surface area contributed by atoms with E-state index in [4.69, 9.17) is 0 Å². The molecule has 0 aliphatic rings. The number of hydrogen-bond acceptors (Lipinski definition) is 2. The van der Waals surface area contributed by atoms with Crippen LogP contribution >= 0.6 is 0 Å². The molecule has 0 fully saturated rings. The van der Waals surface area contributed by atoms with Gasteiger partial charge in [0.25, 0.3) is 0 Å². The Balaban J connectivity index is 0.000000220. The van der Waals surface area contributed by atoms with Crippen LogP contribution in [0, 0.1) is 10.8 Å². The number of imidazole rings is 2. The molecule has 124 valence electrons. The molecule has 0 spiro atoms. The van der Waals surface area contributed by atoms with Gasteiger partial charge in [0.15, 0.2) is 0 Å². The van der Waals surface area contributed by atoms with Crippen LogP contribution in [0.2, 0.25) is 0 Å². The molecule has 0 radical (unpaired) electrons. The summed E-state index contributed by atoms with van der Waals surface area (Å²) in [5.41, 5.74) is 3.04. The van der Waals surface area contributed by atoms with Crippen LogP contribution in [0.3, 0.4) is 0 Å². The normalized spacial score (nSPS) is 12.0. The molecule has 0 saturated carbocycles. The largest absolute Gasteiger partial charge is 0.340 e. The van der Waals surface area contributed by atoms with Crippen molar-refractivity contribution in [3.05, 3.63) is 36.4 Å². The predicted molar refractivity (Wildman–Crippen MR) is 92.7 cm³/mol. The second-order valence-corrected chi connectivity index (χ2v) is 8.54. The first-order valence-electron chi connectivity index (χ1n) is 7.88. The first kappa shape index (κ1) is 18.5. The van der Waals surface area contributed by atoms with Crippen LogP contribution in [-0.4, -0.2) is 19.1 Å². The number of hydrogen-bond donors (Lipinski definition) is 0. The van der Waals surface area contributed by atoms with Gasteiger partial charge in [-0.3, -0.25) is 0 Å². The summed E-state index contributed by atoms with van der Waals surface area (Å²) in [5.74, 6) is 0. The molecule has 0 saturated heterocycles.